The Morgan fingerprint density at radius 3 is 2.61 bits per heavy atom. The van der Waals surface area contributed by atoms with Crippen LogP contribution in [0.3, 0.4) is 0 Å². The molecule has 1 heterocycles. The van der Waals surface area contributed by atoms with Crippen LogP contribution in [0.25, 0.3) is 10.9 Å². The van der Waals surface area contributed by atoms with Gasteiger partial charge < -0.3 is 5.32 Å². The number of hydrogen-bond donors (Lipinski definition) is 1. The van der Waals surface area contributed by atoms with E-state index in [0.29, 0.717) is 24.7 Å². The molecule has 116 valence electrons. The fraction of sp³-hybridized carbons (Fsp3) is 0.263. The Labute approximate surface area is 135 Å². The zero-order valence-electron chi connectivity index (χ0n) is 12.9. The molecule has 0 bridgehead atoms. The first kappa shape index (κ1) is 14.0. The van der Waals surface area contributed by atoms with E-state index in [1.165, 1.54) is 18.4 Å². The molecule has 3 aromatic rings. The van der Waals surface area contributed by atoms with Gasteiger partial charge in [0.25, 0.3) is 0 Å². The highest BCUT2D eigenvalue weighted by Crippen LogP contribution is 2.33. The number of amides is 1. The zero-order valence-corrected chi connectivity index (χ0v) is 12.9. The number of nitrogens with one attached hydrogen (secondary N) is 1. The van der Waals surface area contributed by atoms with Crippen molar-refractivity contribution >= 4 is 22.6 Å². The number of carbonyl (C=O) groups is 1. The molecule has 0 radical (unpaired) electrons. The fourth-order valence-corrected chi connectivity index (χ4v) is 2.86. The van der Waals surface area contributed by atoms with E-state index >= 15 is 0 Å². The number of benzene rings is 2. The van der Waals surface area contributed by atoms with E-state index in [0.717, 1.165) is 10.9 Å². The van der Waals surface area contributed by atoms with Crippen molar-refractivity contribution in [3.05, 3.63) is 60.2 Å². The summed E-state index contributed by atoms with van der Waals surface area (Å²) in [7, 11) is 0. The van der Waals surface area contributed by atoms with Crippen molar-refractivity contribution in [3.8, 4) is 0 Å². The number of nitrogens with zero attached hydrogens (tertiary/aromatic N) is 2. The Bertz CT molecular complexity index is 834. The van der Waals surface area contributed by atoms with Crippen LogP contribution in [0.15, 0.2) is 54.6 Å². The zero-order chi connectivity index (χ0) is 15.6. The molecular weight excluding hydrogens is 286 g/mol. The quantitative estimate of drug-likeness (QED) is 0.779. The monoisotopic (exact) mass is 305 g/mol. The summed E-state index contributed by atoms with van der Waals surface area (Å²) in [5, 5.41) is 8.62. The van der Waals surface area contributed by atoms with Crippen LogP contribution < -0.4 is 5.32 Å². The summed E-state index contributed by atoms with van der Waals surface area (Å²) >= 11 is 0. The predicted octanol–water partition coefficient (Wildman–Crippen LogP) is 3.82. The standard InChI is InChI=1S/C19H19N3O/c23-18(12-14-10-11-14)20-19-16-8-4-5-9-17(16)22(21-19)13-15-6-2-1-3-7-15/h1-9,14H,10-13H2,(H,20,21,23). The summed E-state index contributed by atoms with van der Waals surface area (Å²) in [5.74, 6) is 1.32. The molecule has 0 saturated heterocycles. The van der Waals surface area contributed by atoms with Crippen molar-refractivity contribution in [2.45, 2.75) is 25.8 Å². The molecule has 0 spiro atoms. The van der Waals surface area contributed by atoms with Crippen LogP contribution >= 0.6 is 0 Å². The molecule has 1 aromatic heterocycles. The highest BCUT2D eigenvalue weighted by molar-refractivity contribution is 5.99. The lowest BCUT2D eigenvalue weighted by atomic mass is 10.2. The van der Waals surface area contributed by atoms with Gasteiger partial charge in [-0.25, -0.2) is 0 Å². The van der Waals surface area contributed by atoms with E-state index in [2.05, 4.69) is 22.5 Å². The van der Waals surface area contributed by atoms with Crippen LogP contribution in [0.1, 0.15) is 24.8 Å². The Morgan fingerprint density at radius 1 is 1.09 bits per heavy atom. The van der Waals surface area contributed by atoms with E-state index in [-0.39, 0.29) is 5.91 Å². The first-order valence-corrected chi connectivity index (χ1v) is 8.09. The molecule has 1 aliphatic carbocycles. The highest BCUT2D eigenvalue weighted by Gasteiger charge is 2.25. The van der Waals surface area contributed by atoms with Gasteiger partial charge in [0.2, 0.25) is 5.91 Å². The molecule has 0 atom stereocenters. The second kappa shape index (κ2) is 5.88. The van der Waals surface area contributed by atoms with Crippen LogP contribution in [0, 0.1) is 5.92 Å². The summed E-state index contributed by atoms with van der Waals surface area (Å²) in [4.78, 5) is 12.1. The minimum absolute atomic E-state index is 0.0719. The Balaban J connectivity index is 1.64. The van der Waals surface area contributed by atoms with Crippen LogP contribution in [0.5, 0.6) is 0 Å². The molecule has 1 fully saturated rings. The van der Waals surface area contributed by atoms with Crippen molar-refractivity contribution in [2.24, 2.45) is 5.92 Å². The van der Waals surface area contributed by atoms with E-state index < -0.39 is 0 Å². The average molecular weight is 305 g/mol. The van der Waals surface area contributed by atoms with Gasteiger partial charge in [0, 0.05) is 11.8 Å². The molecule has 4 nitrogen and oxygen atoms in total. The second-order valence-corrected chi connectivity index (χ2v) is 6.20. The van der Waals surface area contributed by atoms with Crippen molar-refractivity contribution in [1.82, 2.24) is 9.78 Å². The van der Waals surface area contributed by atoms with Gasteiger partial charge in [-0.2, -0.15) is 5.10 Å². The lowest BCUT2D eigenvalue weighted by molar-refractivity contribution is -0.116. The van der Waals surface area contributed by atoms with Crippen molar-refractivity contribution in [3.63, 3.8) is 0 Å². The van der Waals surface area contributed by atoms with Gasteiger partial charge in [-0.05, 0) is 36.5 Å². The lowest BCUT2D eigenvalue weighted by Gasteiger charge is -2.03. The molecule has 1 aliphatic rings. The lowest BCUT2D eigenvalue weighted by Crippen LogP contribution is -2.13. The predicted molar refractivity (Wildman–Crippen MR) is 91.2 cm³/mol. The van der Waals surface area contributed by atoms with Gasteiger partial charge in [-0.1, -0.05) is 42.5 Å². The summed E-state index contributed by atoms with van der Waals surface area (Å²) < 4.78 is 1.96. The Hall–Kier alpha value is -2.62. The van der Waals surface area contributed by atoms with Gasteiger partial charge in [-0.15, -0.1) is 0 Å². The van der Waals surface area contributed by atoms with E-state index in [4.69, 9.17) is 0 Å². The third kappa shape index (κ3) is 3.11. The summed E-state index contributed by atoms with van der Waals surface area (Å²) in [5.41, 5.74) is 2.23. The molecule has 2 aromatic carbocycles. The van der Waals surface area contributed by atoms with Crippen LogP contribution in [-0.2, 0) is 11.3 Å². The van der Waals surface area contributed by atoms with Gasteiger partial charge in [-0.3, -0.25) is 9.48 Å². The minimum Gasteiger partial charge on any atom is -0.309 e. The number of aromatic nitrogens is 2. The summed E-state index contributed by atoms with van der Waals surface area (Å²) in [6, 6.07) is 18.3. The first-order valence-electron chi connectivity index (χ1n) is 8.09. The smallest absolute Gasteiger partial charge is 0.225 e. The van der Waals surface area contributed by atoms with Gasteiger partial charge in [0.05, 0.1) is 12.1 Å². The molecule has 4 heteroatoms. The molecule has 1 saturated carbocycles. The number of para-hydroxylation sites is 1. The first-order chi connectivity index (χ1) is 11.3. The molecule has 0 aliphatic heterocycles. The number of carbonyl (C=O) groups excluding carboxylic acids is 1. The fourth-order valence-electron chi connectivity index (χ4n) is 2.86. The Kier molecular flexibility index (Phi) is 3.58. The SMILES string of the molecule is O=C(CC1CC1)Nc1nn(Cc2ccccc2)c2ccccc12. The summed E-state index contributed by atoms with van der Waals surface area (Å²) in [6.07, 6.45) is 2.97. The van der Waals surface area contributed by atoms with E-state index in [1.807, 2.05) is 47.1 Å². The van der Waals surface area contributed by atoms with E-state index in [9.17, 15) is 4.79 Å². The van der Waals surface area contributed by atoms with Gasteiger partial charge >= 0.3 is 0 Å². The molecule has 0 unspecified atom stereocenters. The van der Waals surface area contributed by atoms with Crippen molar-refractivity contribution < 1.29 is 4.79 Å². The number of fused-ring (bicyclic) bond motifs is 1. The van der Waals surface area contributed by atoms with Gasteiger partial charge in [0.15, 0.2) is 5.82 Å². The maximum atomic E-state index is 12.1. The maximum Gasteiger partial charge on any atom is 0.225 e. The molecule has 4 rings (SSSR count). The topological polar surface area (TPSA) is 46.9 Å². The summed E-state index contributed by atoms with van der Waals surface area (Å²) in [6.45, 7) is 0.694. The average Bonchev–Trinajstić information content (AvgIpc) is 3.32. The number of anilines is 1. The molecule has 1 amide bonds. The van der Waals surface area contributed by atoms with Crippen LogP contribution in [-0.4, -0.2) is 15.7 Å². The molecule has 23 heavy (non-hydrogen) atoms. The molecule has 1 N–H and O–H groups in total. The largest absolute Gasteiger partial charge is 0.309 e. The third-order valence-corrected chi connectivity index (χ3v) is 4.26. The Morgan fingerprint density at radius 2 is 1.83 bits per heavy atom. The highest BCUT2D eigenvalue weighted by atomic mass is 16.1. The van der Waals surface area contributed by atoms with Gasteiger partial charge in [0.1, 0.15) is 0 Å². The normalized spacial score (nSPS) is 14.1. The maximum absolute atomic E-state index is 12.1. The number of rotatable bonds is 5. The molecular formula is C19H19N3O. The minimum atomic E-state index is 0.0719. The second-order valence-electron chi connectivity index (χ2n) is 6.20. The van der Waals surface area contributed by atoms with E-state index in [1.54, 1.807) is 0 Å². The van der Waals surface area contributed by atoms with Crippen molar-refractivity contribution in [1.29, 1.82) is 0 Å². The van der Waals surface area contributed by atoms with Crippen LogP contribution in [0.2, 0.25) is 0 Å². The van der Waals surface area contributed by atoms with Crippen LogP contribution in [0.4, 0.5) is 5.82 Å². The third-order valence-electron chi connectivity index (χ3n) is 4.26. The number of hydrogen-bond acceptors (Lipinski definition) is 2. The van der Waals surface area contributed by atoms with Crippen molar-refractivity contribution in [2.75, 3.05) is 5.32 Å².